The lowest BCUT2D eigenvalue weighted by molar-refractivity contribution is 0.102. The van der Waals surface area contributed by atoms with Gasteiger partial charge in [0.1, 0.15) is 17.0 Å². The van der Waals surface area contributed by atoms with Crippen LogP contribution >= 0.6 is 11.6 Å². The summed E-state index contributed by atoms with van der Waals surface area (Å²) < 4.78 is 44.2. The number of hydrogen-bond acceptors (Lipinski definition) is 5. The molecule has 0 saturated carbocycles. The van der Waals surface area contributed by atoms with E-state index in [1.165, 1.54) is 0 Å². The van der Waals surface area contributed by atoms with Gasteiger partial charge < -0.3 is 9.73 Å². The largest absolute Gasteiger partial charge is 0.436 e. The third-order valence-electron chi connectivity index (χ3n) is 4.40. The molecule has 0 unspecified atom stereocenters. The van der Waals surface area contributed by atoms with Crippen LogP contribution in [0.4, 0.5) is 10.1 Å². The highest BCUT2D eigenvalue weighted by atomic mass is 35.5. The van der Waals surface area contributed by atoms with E-state index in [0.717, 1.165) is 18.2 Å². The average molecular weight is 472 g/mol. The van der Waals surface area contributed by atoms with Crippen LogP contribution in [0.15, 0.2) is 93.3 Å². The van der Waals surface area contributed by atoms with E-state index in [-0.39, 0.29) is 21.0 Å². The zero-order chi connectivity index (χ0) is 22.7. The van der Waals surface area contributed by atoms with Crippen molar-refractivity contribution >= 4 is 44.2 Å². The molecule has 0 spiro atoms. The number of anilines is 1. The third-order valence-corrected chi connectivity index (χ3v) is 5.90. The summed E-state index contributed by atoms with van der Waals surface area (Å²) in [6, 6.07) is 20.1. The summed E-state index contributed by atoms with van der Waals surface area (Å²) in [4.78, 5) is 14.6. The number of carbonyl (C=O) groups excluding carboxylic acids is 1. The van der Waals surface area contributed by atoms with Gasteiger partial charge in [0.15, 0.2) is 0 Å². The summed E-state index contributed by atoms with van der Waals surface area (Å²) in [6.45, 7) is 0. The first kappa shape index (κ1) is 21.5. The predicted octanol–water partition coefficient (Wildman–Crippen LogP) is 4.27. The zero-order valence-corrected chi connectivity index (χ0v) is 17.8. The molecule has 10 heteroatoms. The minimum atomic E-state index is -4.21. The molecule has 1 aromatic heterocycles. The van der Waals surface area contributed by atoms with E-state index in [9.17, 15) is 17.6 Å². The summed E-state index contributed by atoms with van der Waals surface area (Å²) in [7, 11) is -4.21. The van der Waals surface area contributed by atoms with Gasteiger partial charge in [-0.3, -0.25) is 4.79 Å². The standard InChI is InChI=1S/C22H15ClFN3O4S/c23-18-13-16(10-11-19(18)24)32(29,30)27-26-22-17(12-14-6-4-5-9-20(14)31-22)21(28)25-15-7-2-1-3-8-15/h1-13,27H,(H,25,28)/b26-22+. The SMILES string of the molecule is O=C(Nc1ccccc1)c1cc2ccccc2o/c1=N/NS(=O)(=O)c1ccc(F)c(Cl)c1. The summed E-state index contributed by atoms with van der Waals surface area (Å²) in [5.41, 5.74) is 0.686. The second-order valence-corrected chi connectivity index (χ2v) is 8.67. The molecule has 162 valence electrons. The lowest BCUT2D eigenvalue weighted by atomic mass is 10.1. The Morgan fingerprint density at radius 1 is 0.969 bits per heavy atom. The molecule has 4 rings (SSSR count). The van der Waals surface area contributed by atoms with Crippen LogP contribution in [0.1, 0.15) is 10.4 Å². The van der Waals surface area contributed by atoms with Gasteiger partial charge in [-0.15, -0.1) is 5.10 Å². The lowest BCUT2D eigenvalue weighted by Crippen LogP contribution is -2.27. The predicted molar refractivity (Wildman–Crippen MR) is 118 cm³/mol. The third kappa shape index (κ3) is 4.63. The summed E-state index contributed by atoms with van der Waals surface area (Å²) in [5, 5.41) is 6.80. The van der Waals surface area contributed by atoms with E-state index in [4.69, 9.17) is 16.0 Å². The van der Waals surface area contributed by atoms with Crippen LogP contribution < -0.4 is 15.7 Å². The summed E-state index contributed by atoms with van der Waals surface area (Å²) >= 11 is 5.68. The molecule has 0 saturated heterocycles. The fraction of sp³-hybridized carbons (Fsp3) is 0. The maximum Gasteiger partial charge on any atom is 0.276 e. The average Bonchev–Trinajstić information content (AvgIpc) is 2.79. The Kier molecular flexibility index (Phi) is 5.93. The van der Waals surface area contributed by atoms with Gasteiger partial charge in [0.25, 0.3) is 15.9 Å². The van der Waals surface area contributed by atoms with Crippen molar-refractivity contribution in [2.45, 2.75) is 4.90 Å². The fourth-order valence-electron chi connectivity index (χ4n) is 2.83. The van der Waals surface area contributed by atoms with Gasteiger partial charge in [-0.2, -0.15) is 13.2 Å². The first-order valence-corrected chi connectivity index (χ1v) is 11.1. The Balaban J connectivity index is 1.76. The van der Waals surface area contributed by atoms with Crippen molar-refractivity contribution in [2.75, 3.05) is 5.32 Å². The van der Waals surface area contributed by atoms with Crippen molar-refractivity contribution < 1.29 is 22.0 Å². The Bertz CT molecular complexity index is 1490. The first-order valence-electron chi connectivity index (χ1n) is 9.23. The molecule has 7 nitrogen and oxygen atoms in total. The number of rotatable bonds is 5. The van der Waals surface area contributed by atoms with Crippen LogP contribution in [0, 0.1) is 5.82 Å². The molecule has 1 amide bonds. The number of benzene rings is 3. The van der Waals surface area contributed by atoms with Gasteiger partial charge in [-0.05, 0) is 42.5 Å². The van der Waals surface area contributed by atoms with Crippen molar-refractivity contribution in [3.05, 3.63) is 101 Å². The van der Waals surface area contributed by atoms with E-state index in [1.807, 2.05) is 4.83 Å². The van der Waals surface area contributed by atoms with Crippen molar-refractivity contribution in [3.63, 3.8) is 0 Å². The van der Waals surface area contributed by atoms with Crippen molar-refractivity contribution in [2.24, 2.45) is 5.10 Å². The minimum Gasteiger partial charge on any atom is -0.436 e. The number of nitrogens with one attached hydrogen (secondary N) is 2. The van der Waals surface area contributed by atoms with E-state index >= 15 is 0 Å². The number of halogens is 2. The second kappa shape index (κ2) is 8.81. The molecule has 1 heterocycles. The zero-order valence-electron chi connectivity index (χ0n) is 16.2. The maximum atomic E-state index is 13.4. The first-order chi connectivity index (χ1) is 15.3. The summed E-state index contributed by atoms with van der Waals surface area (Å²) in [5.74, 6) is -1.31. The van der Waals surface area contributed by atoms with Crippen LogP contribution in [0.5, 0.6) is 0 Å². The number of amides is 1. The number of nitrogens with zero attached hydrogens (tertiary/aromatic N) is 1. The van der Waals surface area contributed by atoms with Gasteiger partial charge in [0.05, 0.1) is 9.92 Å². The van der Waals surface area contributed by atoms with Gasteiger partial charge in [0.2, 0.25) is 5.55 Å². The van der Waals surface area contributed by atoms with Crippen LogP contribution in [0.2, 0.25) is 5.02 Å². The molecule has 3 aromatic carbocycles. The van der Waals surface area contributed by atoms with Crippen LogP contribution in [0.25, 0.3) is 11.0 Å². The Hall–Kier alpha value is -3.69. The highest BCUT2D eigenvalue weighted by molar-refractivity contribution is 7.89. The highest BCUT2D eigenvalue weighted by Gasteiger charge is 2.17. The van der Waals surface area contributed by atoms with E-state index in [0.29, 0.717) is 16.7 Å². The number of hydrogen-bond donors (Lipinski definition) is 2. The van der Waals surface area contributed by atoms with Crippen molar-refractivity contribution in [3.8, 4) is 0 Å². The fourth-order valence-corrected chi connectivity index (χ4v) is 3.91. The Morgan fingerprint density at radius 3 is 2.44 bits per heavy atom. The maximum absolute atomic E-state index is 13.4. The van der Waals surface area contributed by atoms with Crippen LogP contribution in [0.3, 0.4) is 0 Å². The van der Waals surface area contributed by atoms with Gasteiger partial charge >= 0.3 is 0 Å². The molecule has 0 radical (unpaired) electrons. The van der Waals surface area contributed by atoms with E-state index in [1.54, 1.807) is 60.7 Å². The number of sulfonamides is 1. The number of para-hydroxylation sites is 2. The van der Waals surface area contributed by atoms with E-state index in [2.05, 4.69) is 10.4 Å². The van der Waals surface area contributed by atoms with Crippen molar-refractivity contribution in [1.29, 1.82) is 0 Å². The minimum absolute atomic E-state index is 0.00684. The molecule has 0 bridgehead atoms. The monoisotopic (exact) mass is 471 g/mol. The molecular formula is C22H15ClFN3O4S. The second-order valence-electron chi connectivity index (χ2n) is 6.61. The van der Waals surface area contributed by atoms with Gasteiger partial charge in [-0.25, -0.2) is 4.39 Å². The molecule has 0 aliphatic rings. The molecule has 0 aliphatic heterocycles. The smallest absolute Gasteiger partial charge is 0.276 e. The van der Waals surface area contributed by atoms with Gasteiger partial charge in [0, 0.05) is 11.1 Å². The topological polar surface area (TPSA) is 101 Å². The van der Waals surface area contributed by atoms with Crippen LogP contribution in [-0.4, -0.2) is 14.3 Å². The quantitative estimate of drug-likeness (QED) is 0.424. The number of carbonyl (C=O) groups is 1. The molecule has 4 aromatic rings. The number of fused-ring (bicyclic) bond motifs is 1. The highest BCUT2D eigenvalue weighted by Crippen LogP contribution is 2.19. The van der Waals surface area contributed by atoms with Gasteiger partial charge in [-0.1, -0.05) is 48.0 Å². The summed E-state index contributed by atoms with van der Waals surface area (Å²) in [6.07, 6.45) is 0. The normalized spacial score (nSPS) is 12.0. The molecule has 0 aliphatic carbocycles. The Labute approximate surface area is 187 Å². The van der Waals surface area contributed by atoms with Crippen LogP contribution in [-0.2, 0) is 10.0 Å². The van der Waals surface area contributed by atoms with Crippen molar-refractivity contribution in [1.82, 2.24) is 4.83 Å². The molecule has 0 atom stereocenters. The molecule has 2 N–H and O–H groups in total. The molecule has 32 heavy (non-hydrogen) atoms. The Morgan fingerprint density at radius 2 is 1.69 bits per heavy atom. The molecular weight excluding hydrogens is 457 g/mol. The molecule has 0 fully saturated rings. The van der Waals surface area contributed by atoms with E-state index < -0.39 is 21.7 Å². The lowest BCUT2D eigenvalue weighted by Gasteiger charge is -2.08.